The van der Waals surface area contributed by atoms with Crippen LogP contribution >= 0.6 is 11.3 Å². The zero-order chi connectivity index (χ0) is 10.7. The molecule has 0 bridgehead atoms. The lowest BCUT2D eigenvalue weighted by Gasteiger charge is -1.96. The molecule has 3 heteroatoms. The van der Waals surface area contributed by atoms with Crippen LogP contribution in [0.4, 0.5) is 5.00 Å². The summed E-state index contributed by atoms with van der Waals surface area (Å²) >= 11 is 1.71. The van der Waals surface area contributed by atoms with Gasteiger partial charge in [-0.25, -0.2) is 0 Å². The molecule has 0 aliphatic rings. The third-order valence-electron chi connectivity index (χ3n) is 2.15. The van der Waals surface area contributed by atoms with Crippen molar-refractivity contribution in [2.45, 2.75) is 0 Å². The van der Waals surface area contributed by atoms with Crippen LogP contribution in [0.1, 0.15) is 5.56 Å². The number of nitriles is 1. The van der Waals surface area contributed by atoms with Crippen molar-refractivity contribution in [1.29, 1.82) is 5.26 Å². The molecule has 0 radical (unpaired) electrons. The van der Waals surface area contributed by atoms with Gasteiger partial charge in [-0.2, -0.15) is 5.26 Å². The van der Waals surface area contributed by atoms with Gasteiger partial charge in [0.05, 0.1) is 16.6 Å². The van der Waals surface area contributed by atoms with Gasteiger partial charge in [0.1, 0.15) is 0 Å². The summed E-state index contributed by atoms with van der Waals surface area (Å²) in [4.78, 5) is 1.21. The Morgan fingerprint density at radius 2 is 1.87 bits per heavy atom. The minimum atomic E-state index is 0.698. The minimum absolute atomic E-state index is 0.698. The monoisotopic (exact) mass is 214 g/mol. The van der Waals surface area contributed by atoms with E-state index in [0.717, 1.165) is 10.6 Å². The number of thiophene rings is 1. The van der Waals surface area contributed by atoms with Crippen molar-refractivity contribution in [1.82, 2.24) is 0 Å². The highest BCUT2D eigenvalue weighted by Gasteiger charge is 2.01. The zero-order valence-electron chi connectivity index (χ0n) is 8.32. The van der Waals surface area contributed by atoms with E-state index in [1.54, 1.807) is 11.3 Å². The smallest absolute Gasteiger partial charge is 0.0991 e. The summed E-state index contributed by atoms with van der Waals surface area (Å²) in [5.74, 6) is 0. The van der Waals surface area contributed by atoms with Crippen LogP contribution in [0.3, 0.4) is 0 Å². The van der Waals surface area contributed by atoms with Crippen LogP contribution in [0.2, 0.25) is 0 Å². The van der Waals surface area contributed by atoms with E-state index in [4.69, 9.17) is 5.26 Å². The molecule has 15 heavy (non-hydrogen) atoms. The van der Waals surface area contributed by atoms with Gasteiger partial charge < -0.3 is 5.32 Å². The first kappa shape index (κ1) is 9.75. The molecule has 0 saturated heterocycles. The fourth-order valence-electron chi connectivity index (χ4n) is 1.34. The molecule has 1 N–H and O–H groups in total. The van der Waals surface area contributed by atoms with Crippen LogP contribution in [0, 0.1) is 11.3 Å². The van der Waals surface area contributed by atoms with Crippen molar-refractivity contribution in [2.24, 2.45) is 0 Å². The summed E-state index contributed by atoms with van der Waals surface area (Å²) in [6.07, 6.45) is 0. The molecule has 0 amide bonds. The molecule has 2 rings (SSSR count). The number of hydrogen-bond acceptors (Lipinski definition) is 3. The minimum Gasteiger partial charge on any atom is -0.380 e. The number of benzene rings is 1. The topological polar surface area (TPSA) is 35.8 Å². The van der Waals surface area contributed by atoms with Crippen LogP contribution in [-0.4, -0.2) is 7.05 Å². The predicted molar refractivity (Wildman–Crippen MR) is 64.0 cm³/mol. The maximum atomic E-state index is 8.68. The molecule has 0 aliphatic carbocycles. The Morgan fingerprint density at radius 3 is 2.40 bits per heavy atom. The van der Waals surface area contributed by atoms with Crippen LogP contribution in [0.25, 0.3) is 10.4 Å². The first-order valence-electron chi connectivity index (χ1n) is 4.61. The number of rotatable bonds is 2. The van der Waals surface area contributed by atoms with Gasteiger partial charge >= 0.3 is 0 Å². The van der Waals surface area contributed by atoms with Crippen molar-refractivity contribution in [3.05, 3.63) is 42.0 Å². The van der Waals surface area contributed by atoms with E-state index in [9.17, 15) is 0 Å². The summed E-state index contributed by atoms with van der Waals surface area (Å²) in [7, 11) is 1.91. The van der Waals surface area contributed by atoms with Gasteiger partial charge in [0.25, 0.3) is 0 Å². The van der Waals surface area contributed by atoms with E-state index < -0.39 is 0 Å². The standard InChI is InChI=1S/C12H10N2S/c1-14-12-7-6-11(15-12)10-4-2-9(8-13)3-5-10/h2-7,14H,1H3. The van der Waals surface area contributed by atoms with Crippen LogP contribution < -0.4 is 5.32 Å². The second-order valence-corrected chi connectivity index (χ2v) is 4.19. The number of nitrogens with zero attached hydrogens (tertiary/aromatic N) is 1. The quantitative estimate of drug-likeness (QED) is 0.832. The Labute approximate surface area is 92.8 Å². The van der Waals surface area contributed by atoms with Crippen molar-refractivity contribution in [3.63, 3.8) is 0 Å². The summed E-state index contributed by atoms with van der Waals surface area (Å²) in [6, 6.07) is 13.9. The van der Waals surface area contributed by atoms with E-state index in [1.165, 1.54) is 4.88 Å². The molecule has 0 fully saturated rings. The third-order valence-corrected chi connectivity index (χ3v) is 3.30. The van der Waals surface area contributed by atoms with Gasteiger partial charge in [0.2, 0.25) is 0 Å². The summed E-state index contributed by atoms with van der Waals surface area (Å²) in [6.45, 7) is 0. The van der Waals surface area contributed by atoms with E-state index in [2.05, 4.69) is 23.5 Å². The largest absolute Gasteiger partial charge is 0.380 e. The van der Waals surface area contributed by atoms with Gasteiger partial charge in [-0.1, -0.05) is 12.1 Å². The first-order valence-corrected chi connectivity index (χ1v) is 5.43. The molecule has 2 nitrogen and oxygen atoms in total. The predicted octanol–water partition coefficient (Wildman–Crippen LogP) is 3.33. The Kier molecular flexibility index (Phi) is 2.70. The van der Waals surface area contributed by atoms with Gasteiger partial charge in [-0.05, 0) is 29.8 Å². The highest BCUT2D eigenvalue weighted by Crippen LogP contribution is 2.30. The number of hydrogen-bond donors (Lipinski definition) is 1. The molecule has 0 saturated carbocycles. The molecule has 1 aromatic heterocycles. The van der Waals surface area contributed by atoms with Gasteiger partial charge in [0, 0.05) is 11.9 Å². The third kappa shape index (κ3) is 2.00. The second-order valence-electron chi connectivity index (χ2n) is 3.10. The van der Waals surface area contributed by atoms with Crippen molar-refractivity contribution in [3.8, 4) is 16.5 Å². The highest BCUT2D eigenvalue weighted by atomic mass is 32.1. The molecule has 1 heterocycles. The summed E-state index contributed by atoms with van der Waals surface area (Å²) in [5, 5.41) is 12.9. The summed E-state index contributed by atoms with van der Waals surface area (Å²) < 4.78 is 0. The zero-order valence-corrected chi connectivity index (χ0v) is 9.14. The molecule has 1 aromatic carbocycles. The average Bonchev–Trinajstić information content (AvgIpc) is 2.78. The van der Waals surface area contributed by atoms with Crippen molar-refractivity contribution < 1.29 is 0 Å². The maximum absolute atomic E-state index is 8.68. The van der Waals surface area contributed by atoms with Crippen LogP contribution in [-0.2, 0) is 0 Å². The second kappa shape index (κ2) is 4.16. The van der Waals surface area contributed by atoms with Crippen molar-refractivity contribution in [2.75, 3.05) is 12.4 Å². The normalized spacial score (nSPS) is 9.60. The highest BCUT2D eigenvalue weighted by molar-refractivity contribution is 7.19. The molecule has 74 valence electrons. The molecule has 2 aromatic rings. The van der Waals surface area contributed by atoms with E-state index in [1.807, 2.05) is 31.3 Å². The lowest BCUT2D eigenvalue weighted by atomic mass is 10.1. The molecule has 0 spiro atoms. The Morgan fingerprint density at radius 1 is 1.13 bits per heavy atom. The van der Waals surface area contributed by atoms with Gasteiger partial charge in [-0.15, -0.1) is 11.3 Å². The molecule has 0 atom stereocenters. The summed E-state index contributed by atoms with van der Waals surface area (Å²) in [5.41, 5.74) is 1.85. The van der Waals surface area contributed by atoms with Crippen LogP contribution in [0.15, 0.2) is 36.4 Å². The SMILES string of the molecule is CNc1ccc(-c2ccc(C#N)cc2)s1. The molecular weight excluding hydrogens is 204 g/mol. The van der Waals surface area contributed by atoms with Crippen LogP contribution in [0.5, 0.6) is 0 Å². The first-order chi connectivity index (χ1) is 7.33. The fraction of sp³-hybridized carbons (Fsp3) is 0.0833. The average molecular weight is 214 g/mol. The lowest BCUT2D eigenvalue weighted by molar-refractivity contribution is 1.49. The van der Waals surface area contributed by atoms with Crippen molar-refractivity contribution >= 4 is 16.3 Å². The lowest BCUT2D eigenvalue weighted by Crippen LogP contribution is -1.80. The molecule has 0 aliphatic heterocycles. The number of anilines is 1. The van der Waals surface area contributed by atoms with Gasteiger partial charge in [0.15, 0.2) is 0 Å². The van der Waals surface area contributed by atoms with E-state index in [-0.39, 0.29) is 0 Å². The Balaban J connectivity index is 2.33. The van der Waals surface area contributed by atoms with Gasteiger partial charge in [-0.3, -0.25) is 0 Å². The van der Waals surface area contributed by atoms with E-state index >= 15 is 0 Å². The molecule has 0 unspecified atom stereocenters. The number of nitrogens with one attached hydrogen (secondary N) is 1. The molecular formula is C12H10N2S. The van der Waals surface area contributed by atoms with E-state index in [0.29, 0.717) is 5.56 Å². The Hall–Kier alpha value is -1.79. The Bertz CT molecular complexity index is 491. The maximum Gasteiger partial charge on any atom is 0.0991 e. The fourth-order valence-corrected chi connectivity index (χ4v) is 2.20.